The third-order valence-electron chi connectivity index (χ3n) is 1.67. The van der Waals surface area contributed by atoms with Gasteiger partial charge in [0.15, 0.2) is 0 Å². The van der Waals surface area contributed by atoms with Gasteiger partial charge >= 0.3 is 0 Å². The standard InChI is InChI=1S/C9H11Cl2NO/c1-6(13)2-3-7-4-8(10)12-9(11)5-7/h4-6,13H,2-3H2,1H3. The van der Waals surface area contributed by atoms with E-state index in [9.17, 15) is 0 Å². The van der Waals surface area contributed by atoms with Crippen LogP contribution in [0, 0.1) is 0 Å². The van der Waals surface area contributed by atoms with Crippen molar-refractivity contribution in [3.63, 3.8) is 0 Å². The van der Waals surface area contributed by atoms with Gasteiger partial charge < -0.3 is 5.11 Å². The monoisotopic (exact) mass is 219 g/mol. The van der Waals surface area contributed by atoms with Gasteiger partial charge in [-0.25, -0.2) is 4.98 Å². The lowest BCUT2D eigenvalue weighted by molar-refractivity contribution is 0.185. The van der Waals surface area contributed by atoms with Crippen LogP contribution in [0.4, 0.5) is 0 Å². The number of aliphatic hydroxyl groups excluding tert-OH is 1. The van der Waals surface area contributed by atoms with E-state index in [4.69, 9.17) is 28.3 Å². The molecule has 0 spiro atoms. The maximum atomic E-state index is 9.07. The van der Waals surface area contributed by atoms with E-state index in [1.54, 1.807) is 19.1 Å². The van der Waals surface area contributed by atoms with Crippen molar-refractivity contribution in [1.82, 2.24) is 4.98 Å². The number of rotatable bonds is 3. The Morgan fingerprint density at radius 3 is 2.38 bits per heavy atom. The number of nitrogens with zero attached hydrogens (tertiary/aromatic N) is 1. The van der Waals surface area contributed by atoms with Crippen LogP contribution in [0.2, 0.25) is 10.3 Å². The molecular weight excluding hydrogens is 209 g/mol. The second-order valence-corrected chi connectivity index (χ2v) is 3.78. The largest absolute Gasteiger partial charge is 0.393 e. The first kappa shape index (κ1) is 10.8. The lowest BCUT2D eigenvalue weighted by Gasteiger charge is -2.04. The van der Waals surface area contributed by atoms with E-state index >= 15 is 0 Å². The van der Waals surface area contributed by atoms with Crippen LogP contribution in [0.15, 0.2) is 12.1 Å². The molecule has 0 aliphatic heterocycles. The zero-order valence-corrected chi connectivity index (χ0v) is 8.81. The Bertz CT molecular complexity index is 269. The molecule has 1 heterocycles. The van der Waals surface area contributed by atoms with Crippen LogP contribution in [0.3, 0.4) is 0 Å². The summed E-state index contributed by atoms with van der Waals surface area (Å²) in [5.74, 6) is 0. The average Bonchev–Trinajstić information content (AvgIpc) is 1.99. The summed E-state index contributed by atoms with van der Waals surface area (Å²) in [4.78, 5) is 3.83. The molecule has 2 nitrogen and oxygen atoms in total. The number of hydrogen-bond donors (Lipinski definition) is 1. The summed E-state index contributed by atoms with van der Waals surface area (Å²) in [5, 5.41) is 9.86. The van der Waals surface area contributed by atoms with E-state index in [0.29, 0.717) is 16.7 Å². The summed E-state index contributed by atoms with van der Waals surface area (Å²) in [6.07, 6.45) is 1.17. The molecule has 0 amide bonds. The van der Waals surface area contributed by atoms with Crippen LogP contribution in [-0.4, -0.2) is 16.2 Å². The van der Waals surface area contributed by atoms with Crippen LogP contribution < -0.4 is 0 Å². The van der Waals surface area contributed by atoms with Crippen molar-refractivity contribution in [1.29, 1.82) is 0 Å². The van der Waals surface area contributed by atoms with E-state index in [1.807, 2.05) is 0 Å². The number of halogens is 2. The summed E-state index contributed by atoms with van der Waals surface area (Å²) in [6.45, 7) is 1.75. The molecule has 0 saturated heterocycles. The van der Waals surface area contributed by atoms with Gasteiger partial charge in [-0.15, -0.1) is 0 Å². The number of aliphatic hydroxyl groups is 1. The summed E-state index contributed by atoms with van der Waals surface area (Å²) in [5.41, 5.74) is 1.01. The first-order valence-corrected chi connectivity index (χ1v) is 4.83. The maximum absolute atomic E-state index is 9.07. The number of aryl methyl sites for hydroxylation is 1. The van der Waals surface area contributed by atoms with E-state index in [1.165, 1.54) is 0 Å². The van der Waals surface area contributed by atoms with Crippen molar-refractivity contribution in [3.05, 3.63) is 28.0 Å². The first-order chi connectivity index (χ1) is 6.08. The van der Waals surface area contributed by atoms with Gasteiger partial charge in [-0.3, -0.25) is 0 Å². The minimum atomic E-state index is -0.300. The zero-order chi connectivity index (χ0) is 9.84. The molecule has 1 atom stereocenters. The first-order valence-electron chi connectivity index (χ1n) is 4.08. The minimum absolute atomic E-state index is 0.300. The Hall–Kier alpha value is -0.310. The van der Waals surface area contributed by atoms with Crippen molar-refractivity contribution >= 4 is 23.2 Å². The van der Waals surface area contributed by atoms with E-state index in [2.05, 4.69) is 4.98 Å². The van der Waals surface area contributed by atoms with Crippen LogP contribution >= 0.6 is 23.2 Å². The topological polar surface area (TPSA) is 33.1 Å². The van der Waals surface area contributed by atoms with E-state index in [0.717, 1.165) is 12.0 Å². The second kappa shape index (κ2) is 4.80. The molecular formula is C9H11Cl2NO. The Morgan fingerprint density at radius 1 is 1.38 bits per heavy atom. The summed E-state index contributed by atoms with van der Waals surface area (Å²) < 4.78 is 0. The Labute approximate surface area is 87.5 Å². The Balaban J connectivity index is 2.66. The lowest BCUT2D eigenvalue weighted by Crippen LogP contribution is -2.01. The van der Waals surface area contributed by atoms with Gasteiger partial charge in [0, 0.05) is 0 Å². The Morgan fingerprint density at radius 2 is 1.92 bits per heavy atom. The third-order valence-corrected chi connectivity index (χ3v) is 2.06. The molecule has 0 radical (unpaired) electrons. The van der Waals surface area contributed by atoms with Gasteiger partial charge in [-0.1, -0.05) is 23.2 Å². The van der Waals surface area contributed by atoms with Gasteiger partial charge in [0.05, 0.1) is 6.10 Å². The number of aromatic nitrogens is 1. The van der Waals surface area contributed by atoms with Crippen molar-refractivity contribution in [3.8, 4) is 0 Å². The van der Waals surface area contributed by atoms with Gasteiger partial charge in [-0.05, 0) is 37.5 Å². The zero-order valence-electron chi connectivity index (χ0n) is 7.30. The summed E-state index contributed by atoms with van der Waals surface area (Å²) >= 11 is 11.4. The molecule has 0 bridgehead atoms. The smallest absolute Gasteiger partial charge is 0.131 e. The SMILES string of the molecule is CC(O)CCc1cc(Cl)nc(Cl)c1. The van der Waals surface area contributed by atoms with Crippen LogP contribution in [0.1, 0.15) is 18.9 Å². The van der Waals surface area contributed by atoms with Crippen molar-refractivity contribution in [2.75, 3.05) is 0 Å². The molecule has 1 aromatic rings. The lowest BCUT2D eigenvalue weighted by atomic mass is 10.1. The van der Waals surface area contributed by atoms with Crippen molar-refractivity contribution in [2.24, 2.45) is 0 Å². The molecule has 0 aliphatic carbocycles. The highest BCUT2D eigenvalue weighted by Gasteiger charge is 2.01. The number of hydrogen-bond acceptors (Lipinski definition) is 2. The maximum Gasteiger partial charge on any atom is 0.131 e. The fraction of sp³-hybridized carbons (Fsp3) is 0.444. The summed E-state index contributed by atoms with van der Waals surface area (Å²) in [6, 6.07) is 3.52. The minimum Gasteiger partial charge on any atom is -0.393 e. The molecule has 1 aromatic heterocycles. The fourth-order valence-electron chi connectivity index (χ4n) is 1.03. The van der Waals surface area contributed by atoms with E-state index in [-0.39, 0.29) is 6.10 Å². The molecule has 1 N–H and O–H groups in total. The molecule has 1 rings (SSSR count). The Kier molecular flexibility index (Phi) is 3.97. The quantitative estimate of drug-likeness (QED) is 0.794. The predicted octanol–water partition coefficient (Wildman–Crippen LogP) is 2.70. The van der Waals surface area contributed by atoms with Crippen molar-refractivity contribution in [2.45, 2.75) is 25.9 Å². The van der Waals surface area contributed by atoms with Crippen molar-refractivity contribution < 1.29 is 5.11 Å². The van der Waals surface area contributed by atoms with Gasteiger partial charge in [0.1, 0.15) is 10.3 Å². The molecule has 1 unspecified atom stereocenters. The van der Waals surface area contributed by atoms with Gasteiger partial charge in [0.25, 0.3) is 0 Å². The molecule has 0 saturated carbocycles. The molecule has 0 aromatic carbocycles. The van der Waals surface area contributed by atoms with Crippen LogP contribution in [0.5, 0.6) is 0 Å². The molecule has 0 fully saturated rings. The second-order valence-electron chi connectivity index (χ2n) is 3.01. The fourth-order valence-corrected chi connectivity index (χ4v) is 1.54. The third kappa shape index (κ3) is 3.94. The van der Waals surface area contributed by atoms with Crippen LogP contribution in [-0.2, 0) is 6.42 Å². The van der Waals surface area contributed by atoms with E-state index < -0.39 is 0 Å². The highest BCUT2D eigenvalue weighted by molar-refractivity contribution is 6.32. The predicted molar refractivity (Wildman–Crippen MR) is 54.3 cm³/mol. The highest BCUT2D eigenvalue weighted by Crippen LogP contribution is 2.16. The van der Waals surface area contributed by atoms with Gasteiger partial charge in [0.2, 0.25) is 0 Å². The summed E-state index contributed by atoms with van der Waals surface area (Å²) in [7, 11) is 0. The molecule has 72 valence electrons. The average molecular weight is 220 g/mol. The normalized spacial score (nSPS) is 12.9. The molecule has 13 heavy (non-hydrogen) atoms. The number of pyridine rings is 1. The molecule has 0 aliphatic rings. The highest BCUT2D eigenvalue weighted by atomic mass is 35.5. The van der Waals surface area contributed by atoms with Gasteiger partial charge in [-0.2, -0.15) is 0 Å². The van der Waals surface area contributed by atoms with Crippen LogP contribution in [0.25, 0.3) is 0 Å². The molecule has 4 heteroatoms.